The maximum atomic E-state index is 3.63. The van der Waals surface area contributed by atoms with Gasteiger partial charge < -0.3 is 5.32 Å². The van der Waals surface area contributed by atoms with Gasteiger partial charge in [0, 0.05) is 6.04 Å². The molecule has 0 saturated carbocycles. The topological polar surface area (TPSA) is 12.0 Å². The van der Waals surface area contributed by atoms with Gasteiger partial charge in [-0.05, 0) is 36.8 Å². The summed E-state index contributed by atoms with van der Waals surface area (Å²) in [5.74, 6) is 0. The van der Waals surface area contributed by atoms with Crippen LogP contribution in [-0.4, -0.2) is 12.6 Å². The Hall–Kier alpha value is -0.820. The van der Waals surface area contributed by atoms with Crippen molar-refractivity contribution in [2.24, 2.45) is 5.41 Å². The van der Waals surface area contributed by atoms with Gasteiger partial charge in [-0.25, -0.2) is 0 Å². The number of benzene rings is 1. The van der Waals surface area contributed by atoms with Crippen LogP contribution in [0.3, 0.4) is 0 Å². The summed E-state index contributed by atoms with van der Waals surface area (Å²) in [7, 11) is 0. The van der Waals surface area contributed by atoms with Crippen molar-refractivity contribution in [3.05, 3.63) is 35.9 Å². The summed E-state index contributed by atoms with van der Waals surface area (Å²) in [5, 5.41) is 3.63. The van der Waals surface area contributed by atoms with Crippen molar-refractivity contribution in [2.45, 2.75) is 65.8 Å². The summed E-state index contributed by atoms with van der Waals surface area (Å²) in [6.07, 6.45) is 6.51. The Morgan fingerprint density at radius 3 is 2.26 bits per heavy atom. The molecule has 1 atom stereocenters. The molecule has 1 aromatic carbocycles. The van der Waals surface area contributed by atoms with Crippen molar-refractivity contribution in [3.63, 3.8) is 0 Å². The second kappa shape index (κ2) is 8.37. The van der Waals surface area contributed by atoms with Gasteiger partial charge >= 0.3 is 0 Å². The minimum absolute atomic E-state index is 0.370. The summed E-state index contributed by atoms with van der Waals surface area (Å²) >= 11 is 0. The van der Waals surface area contributed by atoms with E-state index in [2.05, 4.69) is 63.3 Å². The summed E-state index contributed by atoms with van der Waals surface area (Å²) < 4.78 is 0. The smallest absolute Gasteiger partial charge is 0.0115 e. The van der Waals surface area contributed by atoms with Crippen LogP contribution < -0.4 is 5.32 Å². The maximum absolute atomic E-state index is 3.63. The molecule has 0 fully saturated rings. The van der Waals surface area contributed by atoms with Crippen molar-refractivity contribution >= 4 is 0 Å². The van der Waals surface area contributed by atoms with Gasteiger partial charge in [-0.2, -0.15) is 0 Å². The second-order valence-electron chi connectivity index (χ2n) is 6.56. The normalized spacial score (nSPS) is 13.5. The average Bonchev–Trinajstić information content (AvgIpc) is 2.37. The largest absolute Gasteiger partial charge is 0.314 e. The van der Waals surface area contributed by atoms with E-state index in [0.717, 1.165) is 6.54 Å². The minimum Gasteiger partial charge on any atom is -0.314 e. The third kappa shape index (κ3) is 6.77. The van der Waals surface area contributed by atoms with Crippen LogP contribution >= 0.6 is 0 Å². The van der Waals surface area contributed by atoms with E-state index >= 15 is 0 Å². The Morgan fingerprint density at radius 2 is 1.68 bits per heavy atom. The first kappa shape index (κ1) is 16.2. The second-order valence-corrected chi connectivity index (χ2v) is 6.56. The van der Waals surface area contributed by atoms with Crippen LogP contribution in [-0.2, 0) is 6.42 Å². The first-order chi connectivity index (χ1) is 9.04. The molecule has 0 aliphatic heterocycles. The standard InChI is InChI=1S/C18H31N/c1-5-19-17(18(2,3)4)15-11-7-10-14-16-12-8-6-9-13-16/h6,8-9,12-13,17,19H,5,7,10-11,14-15H2,1-4H3. The van der Waals surface area contributed by atoms with E-state index in [-0.39, 0.29) is 0 Å². The highest BCUT2D eigenvalue weighted by molar-refractivity contribution is 5.14. The van der Waals surface area contributed by atoms with E-state index in [4.69, 9.17) is 0 Å². The zero-order chi connectivity index (χ0) is 14.1. The van der Waals surface area contributed by atoms with Crippen LogP contribution in [0.15, 0.2) is 30.3 Å². The predicted octanol–water partition coefficient (Wildman–Crippen LogP) is 4.81. The van der Waals surface area contributed by atoms with Crippen LogP contribution in [0.2, 0.25) is 0 Å². The van der Waals surface area contributed by atoms with Gasteiger partial charge in [0.15, 0.2) is 0 Å². The predicted molar refractivity (Wildman–Crippen MR) is 85.5 cm³/mol. The monoisotopic (exact) mass is 261 g/mol. The summed E-state index contributed by atoms with van der Waals surface area (Å²) in [6, 6.07) is 11.5. The van der Waals surface area contributed by atoms with E-state index in [1.165, 1.54) is 37.7 Å². The third-order valence-corrected chi connectivity index (χ3v) is 3.80. The van der Waals surface area contributed by atoms with E-state index in [9.17, 15) is 0 Å². The Bertz CT molecular complexity index is 323. The zero-order valence-electron chi connectivity index (χ0n) is 13.2. The molecule has 0 aromatic heterocycles. The fourth-order valence-corrected chi connectivity index (χ4v) is 2.59. The number of nitrogens with one attached hydrogen (secondary N) is 1. The van der Waals surface area contributed by atoms with Gasteiger partial charge in [-0.15, -0.1) is 0 Å². The van der Waals surface area contributed by atoms with Crippen LogP contribution in [0.4, 0.5) is 0 Å². The maximum Gasteiger partial charge on any atom is 0.0115 e. The van der Waals surface area contributed by atoms with Gasteiger partial charge in [0.05, 0.1) is 0 Å². The summed E-state index contributed by atoms with van der Waals surface area (Å²) in [4.78, 5) is 0. The lowest BCUT2D eigenvalue weighted by molar-refractivity contribution is 0.252. The molecule has 0 bridgehead atoms. The molecule has 0 radical (unpaired) electrons. The third-order valence-electron chi connectivity index (χ3n) is 3.80. The van der Waals surface area contributed by atoms with E-state index in [1.807, 2.05) is 0 Å². The number of hydrogen-bond acceptors (Lipinski definition) is 1. The SMILES string of the molecule is CCNC(CCCCCc1ccccc1)C(C)(C)C. The fourth-order valence-electron chi connectivity index (χ4n) is 2.59. The first-order valence-electron chi connectivity index (χ1n) is 7.81. The minimum atomic E-state index is 0.370. The van der Waals surface area contributed by atoms with Gasteiger partial charge in [-0.3, -0.25) is 0 Å². The fraction of sp³-hybridized carbons (Fsp3) is 0.667. The number of rotatable bonds is 8. The molecule has 19 heavy (non-hydrogen) atoms. The molecular formula is C18H31N. The van der Waals surface area contributed by atoms with Crippen molar-refractivity contribution in [1.82, 2.24) is 5.32 Å². The molecule has 1 aromatic rings. The summed E-state index contributed by atoms with van der Waals surface area (Å²) in [6.45, 7) is 10.3. The van der Waals surface area contributed by atoms with Crippen LogP contribution in [0.25, 0.3) is 0 Å². The quantitative estimate of drug-likeness (QED) is 0.662. The number of unbranched alkanes of at least 4 members (excludes halogenated alkanes) is 2. The molecule has 1 N–H and O–H groups in total. The van der Waals surface area contributed by atoms with E-state index in [0.29, 0.717) is 11.5 Å². The molecule has 0 aliphatic carbocycles. The van der Waals surface area contributed by atoms with Crippen molar-refractivity contribution in [3.8, 4) is 0 Å². The molecule has 1 heteroatoms. The zero-order valence-corrected chi connectivity index (χ0v) is 13.2. The van der Waals surface area contributed by atoms with Gasteiger partial charge in [-0.1, -0.05) is 70.9 Å². The first-order valence-corrected chi connectivity index (χ1v) is 7.81. The summed E-state index contributed by atoms with van der Waals surface area (Å²) in [5.41, 5.74) is 1.84. The highest BCUT2D eigenvalue weighted by atomic mass is 14.9. The molecule has 0 saturated heterocycles. The van der Waals surface area contributed by atoms with Crippen LogP contribution in [0.5, 0.6) is 0 Å². The molecule has 0 amide bonds. The van der Waals surface area contributed by atoms with Gasteiger partial charge in [0.2, 0.25) is 0 Å². The van der Waals surface area contributed by atoms with E-state index < -0.39 is 0 Å². The molecule has 1 rings (SSSR count). The lowest BCUT2D eigenvalue weighted by atomic mass is 9.83. The van der Waals surface area contributed by atoms with Crippen LogP contribution in [0.1, 0.15) is 58.9 Å². The van der Waals surface area contributed by atoms with E-state index in [1.54, 1.807) is 0 Å². The highest BCUT2D eigenvalue weighted by Gasteiger charge is 2.22. The van der Waals surface area contributed by atoms with Crippen molar-refractivity contribution in [1.29, 1.82) is 0 Å². The molecule has 0 aliphatic rings. The average molecular weight is 261 g/mol. The Balaban J connectivity index is 2.18. The molecule has 1 unspecified atom stereocenters. The van der Waals surface area contributed by atoms with Crippen LogP contribution in [0, 0.1) is 5.41 Å². The lowest BCUT2D eigenvalue weighted by Crippen LogP contribution is -2.40. The molecule has 0 heterocycles. The lowest BCUT2D eigenvalue weighted by Gasteiger charge is -2.31. The highest BCUT2D eigenvalue weighted by Crippen LogP contribution is 2.23. The van der Waals surface area contributed by atoms with Gasteiger partial charge in [0.1, 0.15) is 0 Å². The molecular weight excluding hydrogens is 230 g/mol. The molecule has 0 spiro atoms. The van der Waals surface area contributed by atoms with Gasteiger partial charge in [0.25, 0.3) is 0 Å². The molecule has 108 valence electrons. The number of hydrogen-bond donors (Lipinski definition) is 1. The van der Waals surface area contributed by atoms with Crippen molar-refractivity contribution in [2.75, 3.05) is 6.54 Å². The Kier molecular flexibility index (Phi) is 7.15. The number of aryl methyl sites for hydroxylation is 1. The Morgan fingerprint density at radius 1 is 1.00 bits per heavy atom. The van der Waals surface area contributed by atoms with Crippen molar-refractivity contribution < 1.29 is 0 Å². The Labute approximate surface area is 119 Å². The molecule has 1 nitrogen and oxygen atoms in total.